The third kappa shape index (κ3) is 3.81. The molecule has 6 nitrogen and oxygen atoms in total. The van der Waals surface area contributed by atoms with Crippen LogP contribution >= 0.6 is 0 Å². The summed E-state index contributed by atoms with van der Waals surface area (Å²) in [4.78, 5) is 25.5. The molecule has 3 N–H and O–H groups in total. The number of carbonyl (C=O) groups is 2. The van der Waals surface area contributed by atoms with Crippen molar-refractivity contribution in [1.29, 1.82) is 0 Å². The Morgan fingerprint density at radius 2 is 2.06 bits per heavy atom. The largest absolute Gasteiger partial charge is 0.475 e. The number of carboxylic acid groups (broad SMARTS) is 1. The lowest BCUT2D eigenvalue weighted by atomic mass is 10.1. The van der Waals surface area contributed by atoms with Crippen LogP contribution in [0.25, 0.3) is 0 Å². The number of rotatable bonds is 3. The first-order valence-electron chi connectivity index (χ1n) is 4.60. The molecule has 0 unspecified atom stereocenters. The molecule has 18 heavy (non-hydrogen) atoms. The maximum atomic E-state index is 13.1. The van der Waals surface area contributed by atoms with Crippen LogP contribution in [0.5, 0.6) is 0 Å². The fourth-order valence-electron chi connectivity index (χ4n) is 1.01. The highest BCUT2D eigenvalue weighted by atomic mass is 19.1. The first-order chi connectivity index (χ1) is 8.40. The van der Waals surface area contributed by atoms with Gasteiger partial charge >= 0.3 is 11.9 Å². The molecular weight excluding hydrogens is 250 g/mol. The highest BCUT2D eigenvalue weighted by Crippen LogP contribution is 2.10. The number of amidine groups is 1. The fourth-order valence-corrected chi connectivity index (χ4v) is 1.01. The third-order valence-electron chi connectivity index (χ3n) is 1.81. The Hall–Kier alpha value is -2.51. The fraction of sp³-hybridized carbons (Fsp3) is 0.100. The molecule has 8 heteroatoms. The van der Waals surface area contributed by atoms with Crippen LogP contribution in [-0.2, 0) is 20.8 Å². The summed E-state index contributed by atoms with van der Waals surface area (Å²) in [6.45, 7) is 0. The maximum Gasteiger partial charge on any atom is 0.374 e. The van der Waals surface area contributed by atoms with Crippen LogP contribution in [0, 0.1) is 11.6 Å². The normalized spacial score (nSPS) is 11.1. The van der Waals surface area contributed by atoms with Crippen molar-refractivity contribution in [2.75, 3.05) is 0 Å². The smallest absolute Gasteiger partial charge is 0.374 e. The highest BCUT2D eigenvalue weighted by Gasteiger charge is 2.12. The molecule has 0 aromatic heterocycles. The van der Waals surface area contributed by atoms with Crippen molar-refractivity contribution >= 4 is 17.8 Å². The van der Waals surface area contributed by atoms with Gasteiger partial charge in [0.15, 0.2) is 0 Å². The zero-order valence-electron chi connectivity index (χ0n) is 8.89. The molecule has 0 radical (unpaired) electrons. The minimum Gasteiger partial charge on any atom is -0.475 e. The summed E-state index contributed by atoms with van der Waals surface area (Å²) in [6, 6.07) is 2.57. The van der Waals surface area contributed by atoms with Crippen LogP contribution in [0.2, 0.25) is 0 Å². The van der Waals surface area contributed by atoms with E-state index in [0.29, 0.717) is 0 Å². The van der Waals surface area contributed by atoms with E-state index in [0.717, 1.165) is 18.2 Å². The Bertz CT molecular complexity index is 517. The molecule has 0 fully saturated rings. The summed E-state index contributed by atoms with van der Waals surface area (Å²) in [5.74, 6) is -5.07. The Morgan fingerprint density at radius 1 is 1.39 bits per heavy atom. The molecule has 0 spiro atoms. The molecular formula is C10H8F2N2O4. The van der Waals surface area contributed by atoms with Crippen molar-refractivity contribution in [3.05, 3.63) is 35.4 Å². The lowest BCUT2D eigenvalue weighted by Gasteiger charge is -2.01. The minimum absolute atomic E-state index is 0.232. The maximum absolute atomic E-state index is 13.1. The molecule has 0 saturated heterocycles. The van der Waals surface area contributed by atoms with Crippen LogP contribution < -0.4 is 5.73 Å². The van der Waals surface area contributed by atoms with Gasteiger partial charge in [-0.05, 0) is 18.2 Å². The van der Waals surface area contributed by atoms with Crippen molar-refractivity contribution in [1.82, 2.24) is 0 Å². The minimum atomic E-state index is -1.57. The molecule has 0 saturated carbocycles. The van der Waals surface area contributed by atoms with E-state index < -0.39 is 35.8 Å². The summed E-state index contributed by atoms with van der Waals surface area (Å²) < 4.78 is 25.9. The van der Waals surface area contributed by atoms with Crippen LogP contribution in [0.15, 0.2) is 23.4 Å². The summed E-state index contributed by atoms with van der Waals surface area (Å²) >= 11 is 0. The van der Waals surface area contributed by atoms with Crippen molar-refractivity contribution in [3.63, 3.8) is 0 Å². The van der Waals surface area contributed by atoms with E-state index in [4.69, 9.17) is 10.8 Å². The number of oxime groups is 1. The SMILES string of the molecule is N/C(=N/OC(=O)Cc1cc(F)ccc1F)C(=O)O. The topological polar surface area (TPSA) is 102 Å². The number of hydrogen-bond donors (Lipinski definition) is 2. The number of aliphatic carboxylic acids is 1. The van der Waals surface area contributed by atoms with Gasteiger partial charge in [-0.1, -0.05) is 5.16 Å². The number of nitrogens with zero attached hydrogens (tertiary/aromatic N) is 1. The molecule has 0 aliphatic heterocycles. The molecule has 0 aliphatic rings. The Balaban J connectivity index is 2.68. The zero-order chi connectivity index (χ0) is 13.7. The van der Waals surface area contributed by atoms with E-state index >= 15 is 0 Å². The van der Waals surface area contributed by atoms with Gasteiger partial charge in [0.25, 0.3) is 0 Å². The first kappa shape index (κ1) is 13.6. The van der Waals surface area contributed by atoms with Gasteiger partial charge in [0.2, 0.25) is 5.84 Å². The average molecular weight is 258 g/mol. The lowest BCUT2D eigenvalue weighted by molar-refractivity contribution is -0.143. The Kier molecular flexibility index (Phi) is 4.30. The number of halogens is 2. The molecule has 1 rings (SSSR count). The van der Waals surface area contributed by atoms with Gasteiger partial charge in [-0.15, -0.1) is 0 Å². The second kappa shape index (κ2) is 5.71. The van der Waals surface area contributed by atoms with Crippen LogP contribution in [0.4, 0.5) is 8.78 Å². The highest BCUT2D eigenvalue weighted by molar-refractivity contribution is 6.33. The van der Waals surface area contributed by atoms with E-state index in [-0.39, 0.29) is 5.56 Å². The molecule has 0 atom stereocenters. The van der Waals surface area contributed by atoms with Crippen molar-refractivity contribution in [2.45, 2.75) is 6.42 Å². The van der Waals surface area contributed by atoms with Gasteiger partial charge in [0.1, 0.15) is 11.6 Å². The Morgan fingerprint density at radius 3 is 2.67 bits per heavy atom. The van der Waals surface area contributed by atoms with Crippen molar-refractivity contribution < 1.29 is 28.3 Å². The van der Waals surface area contributed by atoms with E-state index in [2.05, 4.69) is 9.99 Å². The molecule has 0 amide bonds. The third-order valence-corrected chi connectivity index (χ3v) is 1.81. The molecule has 96 valence electrons. The Labute approximate surface area is 99.6 Å². The zero-order valence-corrected chi connectivity index (χ0v) is 8.89. The summed E-state index contributed by atoms with van der Waals surface area (Å²) in [5.41, 5.74) is 4.62. The summed E-state index contributed by atoms with van der Waals surface area (Å²) in [5, 5.41) is 11.1. The van der Waals surface area contributed by atoms with E-state index in [1.54, 1.807) is 0 Å². The monoisotopic (exact) mass is 258 g/mol. The summed E-state index contributed by atoms with van der Waals surface area (Å²) in [7, 11) is 0. The van der Waals surface area contributed by atoms with Gasteiger partial charge < -0.3 is 15.7 Å². The molecule has 0 heterocycles. The van der Waals surface area contributed by atoms with Gasteiger partial charge in [0, 0.05) is 5.56 Å². The molecule has 0 bridgehead atoms. The number of nitrogens with two attached hydrogens (primary N) is 1. The van der Waals surface area contributed by atoms with Crippen LogP contribution in [0.3, 0.4) is 0 Å². The lowest BCUT2D eigenvalue weighted by Crippen LogP contribution is -2.24. The first-order valence-corrected chi connectivity index (χ1v) is 4.60. The summed E-state index contributed by atoms with van der Waals surface area (Å²) in [6.07, 6.45) is -0.597. The van der Waals surface area contributed by atoms with Gasteiger partial charge in [-0.25, -0.2) is 18.4 Å². The molecule has 1 aromatic carbocycles. The van der Waals surface area contributed by atoms with Gasteiger partial charge in [0.05, 0.1) is 6.42 Å². The predicted molar refractivity (Wildman–Crippen MR) is 55.4 cm³/mol. The molecule has 0 aliphatic carbocycles. The second-order valence-electron chi connectivity index (χ2n) is 3.16. The van der Waals surface area contributed by atoms with Crippen molar-refractivity contribution in [3.8, 4) is 0 Å². The predicted octanol–water partition coefficient (Wildman–Crippen LogP) is 0.407. The average Bonchev–Trinajstić information content (AvgIpc) is 2.30. The van der Waals surface area contributed by atoms with Crippen molar-refractivity contribution in [2.24, 2.45) is 10.9 Å². The van der Waals surface area contributed by atoms with E-state index in [9.17, 15) is 18.4 Å². The number of carboxylic acids is 1. The number of benzene rings is 1. The standard InChI is InChI=1S/C10H8F2N2O4/c11-6-1-2-7(12)5(3-6)4-8(15)18-14-9(13)10(16)17/h1-3H,4H2,(H2,13,14)(H,16,17). The van der Waals surface area contributed by atoms with Crippen LogP contribution in [-0.4, -0.2) is 22.9 Å². The van der Waals surface area contributed by atoms with Crippen LogP contribution in [0.1, 0.15) is 5.56 Å². The van der Waals surface area contributed by atoms with E-state index in [1.165, 1.54) is 0 Å². The van der Waals surface area contributed by atoms with Gasteiger partial charge in [-0.3, -0.25) is 0 Å². The quantitative estimate of drug-likeness (QED) is 0.354. The van der Waals surface area contributed by atoms with Gasteiger partial charge in [-0.2, -0.15) is 0 Å². The van der Waals surface area contributed by atoms with E-state index in [1.807, 2.05) is 0 Å². The number of carbonyl (C=O) groups excluding carboxylic acids is 1. The molecule has 1 aromatic rings. The number of hydrogen-bond acceptors (Lipinski definition) is 4. The second-order valence-corrected chi connectivity index (χ2v) is 3.16.